The summed E-state index contributed by atoms with van der Waals surface area (Å²) in [4.78, 5) is 25.5. The number of hydrogen-bond donors (Lipinski definition) is 2. The normalized spacial score (nSPS) is 27.2. The third-order valence-corrected chi connectivity index (χ3v) is 3.82. The van der Waals surface area contributed by atoms with Crippen LogP contribution in [0.4, 0.5) is 0 Å². The van der Waals surface area contributed by atoms with E-state index in [-0.39, 0.29) is 36.4 Å². The molecule has 5 heteroatoms. The minimum absolute atomic E-state index is 0.00189. The van der Waals surface area contributed by atoms with Gasteiger partial charge in [-0.1, -0.05) is 13.3 Å². The maximum Gasteiger partial charge on any atom is 0.239 e. The van der Waals surface area contributed by atoms with Crippen molar-refractivity contribution < 1.29 is 9.59 Å². The summed E-state index contributed by atoms with van der Waals surface area (Å²) in [5.41, 5.74) is 6.12. The lowest BCUT2D eigenvalue weighted by atomic mass is 9.77. The molecule has 0 aromatic heterocycles. The average Bonchev–Trinajstić information content (AvgIpc) is 2.30. The second kappa shape index (κ2) is 6.89. The van der Waals surface area contributed by atoms with E-state index < -0.39 is 0 Å². The predicted molar refractivity (Wildman–Crippen MR) is 75.4 cm³/mol. The Morgan fingerprint density at radius 1 is 1.37 bits per heavy atom. The van der Waals surface area contributed by atoms with Gasteiger partial charge in [-0.15, -0.1) is 0 Å². The number of likely N-dealkylation sites (N-methyl/N-ethyl adjacent to an activating group) is 1. The number of carbonyl (C=O) groups excluding carboxylic acids is 2. The molecule has 3 N–H and O–H groups in total. The number of nitrogens with zero attached hydrogens (tertiary/aromatic N) is 1. The zero-order valence-electron chi connectivity index (χ0n) is 12.5. The van der Waals surface area contributed by atoms with E-state index in [2.05, 4.69) is 12.2 Å². The van der Waals surface area contributed by atoms with Gasteiger partial charge in [-0.2, -0.15) is 0 Å². The first kappa shape index (κ1) is 16.0. The fraction of sp³-hybridized carbons (Fsp3) is 0.857. The standard InChI is InChI=1S/C14H27N3O2/c1-9(2)16-12(18)8-17(4)14(19)11-7-5-6-10(3)13(11)15/h9-11,13H,5-8,15H2,1-4H3,(H,16,18). The van der Waals surface area contributed by atoms with Crippen LogP contribution < -0.4 is 11.1 Å². The van der Waals surface area contributed by atoms with Crippen molar-refractivity contribution in [2.75, 3.05) is 13.6 Å². The Balaban J connectivity index is 2.54. The number of nitrogens with one attached hydrogen (secondary N) is 1. The Morgan fingerprint density at radius 3 is 2.58 bits per heavy atom. The molecule has 0 saturated heterocycles. The summed E-state index contributed by atoms with van der Waals surface area (Å²) in [5, 5.41) is 2.79. The van der Waals surface area contributed by atoms with Crippen LogP contribution in [0.1, 0.15) is 40.0 Å². The number of nitrogens with two attached hydrogens (primary N) is 1. The maximum atomic E-state index is 12.3. The van der Waals surface area contributed by atoms with E-state index in [1.165, 1.54) is 4.90 Å². The third kappa shape index (κ3) is 4.49. The van der Waals surface area contributed by atoms with Crippen LogP contribution in [0.25, 0.3) is 0 Å². The first-order chi connectivity index (χ1) is 8.82. The number of rotatable bonds is 4. The summed E-state index contributed by atoms with van der Waals surface area (Å²) in [6.45, 7) is 6.00. The van der Waals surface area contributed by atoms with Crippen LogP contribution >= 0.6 is 0 Å². The first-order valence-electron chi connectivity index (χ1n) is 7.12. The fourth-order valence-electron chi connectivity index (χ4n) is 2.67. The quantitative estimate of drug-likeness (QED) is 0.790. The van der Waals surface area contributed by atoms with E-state index in [0.29, 0.717) is 5.92 Å². The second-order valence-corrected chi connectivity index (χ2v) is 6.01. The van der Waals surface area contributed by atoms with Gasteiger partial charge in [0.05, 0.1) is 12.5 Å². The molecule has 0 bridgehead atoms. The van der Waals surface area contributed by atoms with Crippen molar-refractivity contribution in [3.05, 3.63) is 0 Å². The molecular weight excluding hydrogens is 242 g/mol. The molecule has 1 fully saturated rings. The van der Waals surface area contributed by atoms with Gasteiger partial charge in [-0.25, -0.2) is 0 Å². The summed E-state index contributed by atoms with van der Waals surface area (Å²) >= 11 is 0. The molecule has 1 saturated carbocycles. The van der Waals surface area contributed by atoms with Crippen molar-refractivity contribution in [2.45, 2.75) is 52.1 Å². The van der Waals surface area contributed by atoms with Crippen LogP contribution in [0.3, 0.4) is 0 Å². The van der Waals surface area contributed by atoms with E-state index in [0.717, 1.165) is 19.3 Å². The monoisotopic (exact) mass is 269 g/mol. The van der Waals surface area contributed by atoms with Crippen LogP contribution in [-0.2, 0) is 9.59 Å². The summed E-state index contributed by atoms with van der Waals surface area (Å²) in [5.74, 6) is 0.113. The molecule has 0 heterocycles. The molecule has 5 nitrogen and oxygen atoms in total. The second-order valence-electron chi connectivity index (χ2n) is 6.01. The lowest BCUT2D eigenvalue weighted by molar-refractivity contribution is -0.140. The van der Waals surface area contributed by atoms with Crippen molar-refractivity contribution in [3.63, 3.8) is 0 Å². The van der Waals surface area contributed by atoms with Crippen molar-refractivity contribution in [3.8, 4) is 0 Å². The number of carbonyl (C=O) groups is 2. The third-order valence-electron chi connectivity index (χ3n) is 3.82. The Labute approximate surface area is 115 Å². The molecule has 1 rings (SSSR count). The lowest BCUT2D eigenvalue weighted by Crippen LogP contribution is -2.50. The highest BCUT2D eigenvalue weighted by Crippen LogP contribution is 2.28. The molecule has 0 aromatic rings. The molecule has 19 heavy (non-hydrogen) atoms. The number of hydrogen-bond acceptors (Lipinski definition) is 3. The largest absolute Gasteiger partial charge is 0.352 e. The van der Waals surface area contributed by atoms with E-state index in [4.69, 9.17) is 5.73 Å². The molecular formula is C14H27N3O2. The van der Waals surface area contributed by atoms with E-state index in [1.807, 2.05) is 13.8 Å². The minimum Gasteiger partial charge on any atom is -0.352 e. The van der Waals surface area contributed by atoms with Crippen molar-refractivity contribution in [2.24, 2.45) is 17.6 Å². The molecule has 0 aliphatic heterocycles. The van der Waals surface area contributed by atoms with Crippen LogP contribution in [0, 0.1) is 11.8 Å². The van der Waals surface area contributed by atoms with E-state index >= 15 is 0 Å². The topological polar surface area (TPSA) is 75.4 Å². The smallest absolute Gasteiger partial charge is 0.239 e. The van der Waals surface area contributed by atoms with Crippen molar-refractivity contribution in [1.82, 2.24) is 10.2 Å². The van der Waals surface area contributed by atoms with Gasteiger partial charge in [-0.3, -0.25) is 9.59 Å². The molecule has 1 aliphatic carbocycles. The molecule has 0 spiro atoms. The molecule has 0 aromatic carbocycles. The lowest BCUT2D eigenvalue weighted by Gasteiger charge is -2.35. The highest BCUT2D eigenvalue weighted by molar-refractivity contribution is 5.86. The summed E-state index contributed by atoms with van der Waals surface area (Å²) in [6, 6.07) is 0.00446. The zero-order chi connectivity index (χ0) is 14.6. The van der Waals surface area contributed by atoms with Gasteiger partial charge in [0.25, 0.3) is 0 Å². The molecule has 1 aliphatic rings. The van der Waals surface area contributed by atoms with Crippen LogP contribution in [0.2, 0.25) is 0 Å². The molecule has 0 radical (unpaired) electrons. The van der Waals surface area contributed by atoms with E-state index in [9.17, 15) is 9.59 Å². The summed E-state index contributed by atoms with van der Waals surface area (Å²) in [7, 11) is 1.67. The molecule has 110 valence electrons. The van der Waals surface area contributed by atoms with Gasteiger partial charge in [-0.05, 0) is 32.6 Å². The Hall–Kier alpha value is -1.10. The molecule has 3 atom stereocenters. The Kier molecular flexibility index (Phi) is 5.79. The van der Waals surface area contributed by atoms with Gasteiger partial charge in [0.1, 0.15) is 0 Å². The Morgan fingerprint density at radius 2 is 2.00 bits per heavy atom. The van der Waals surface area contributed by atoms with Crippen LogP contribution in [0.5, 0.6) is 0 Å². The minimum atomic E-state index is -0.138. The summed E-state index contributed by atoms with van der Waals surface area (Å²) < 4.78 is 0. The van der Waals surface area contributed by atoms with Crippen LogP contribution in [0.15, 0.2) is 0 Å². The van der Waals surface area contributed by atoms with Crippen LogP contribution in [-0.4, -0.2) is 42.4 Å². The number of amides is 2. The molecule has 3 unspecified atom stereocenters. The van der Waals surface area contributed by atoms with Gasteiger partial charge in [0, 0.05) is 19.1 Å². The first-order valence-corrected chi connectivity index (χ1v) is 7.12. The summed E-state index contributed by atoms with van der Waals surface area (Å²) in [6.07, 6.45) is 2.96. The Bertz CT molecular complexity index is 331. The highest BCUT2D eigenvalue weighted by Gasteiger charge is 2.34. The predicted octanol–water partition coefficient (Wildman–Crippen LogP) is 0.733. The average molecular weight is 269 g/mol. The van der Waals surface area contributed by atoms with Crippen molar-refractivity contribution in [1.29, 1.82) is 0 Å². The highest BCUT2D eigenvalue weighted by atomic mass is 16.2. The van der Waals surface area contributed by atoms with E-state index in [1.54, 1.807) is 7.05 Å². The SMILES string of the molecule is CC(C)NC(=O)CN(C)C(=O)C1CCCC(C)C1N. The fourth-order valence-corrected chi connectivity index (χ4v) is 2.67. The van der Waals surface area contributed by atoms with Gasteiger partial charge in [0.15, 0.2) is 0 Å². The maximum absolute atomic E-state index is 12.3. The zero-order valence-corrected chi connectivity index (χ0v) is 12.5. The van der Waals surface area contributed by atoms with Gasteiger partial charge in [0.2, 0.25) is 11.8 Å². The van der Waals surface area contributed by atoms with Gasteiger partial charge >= 0.3 is 0 Å². The van der Waals surface area contributed by atoms with Gasteiger partial charge < -0.3 is 16.0 Å². The van der Waals surface area contributed by atoms with Crippen molar-refractivity contribution >= 4 is 11.8 Å². The molecule has 2 amide bonds.